The van der Waals surface area contributed by atoms with Crippen LogP contribution in [-0.4, -0.2) is 12.5 Å². The molecule has 0 saturated heterocycles. The molecule has 1 unspecified atom stereocenters. The number of rotatable bonds is 5. The SMILES string of the molecule is CC(NC(=O)COc1ccc(N)cc1)c1cccc(Cl)c1. The molecule has 0 bridgehead atoms. The van der Waals surface area contributed by atoms with Crippen LogP contribution in [0.25, 0.3) is 0 Å². The Balaban J connectivity index is 1.85. The van der Waals surface area contributed by atoms with Crippen LogP contribution in [0.3, 0.4) is 0 Å². The smallest absolute Gasteiger partial charge is 0.258 e. The molecule has 0 aliphatic carbocycles. The number of nitrogens with one attached hydrogen (secondary N) is 1. The number of amides is 1. The van der Waals surface area contributed by atoms with Crippen molar-refractivity contribution in [3.8, 4) is 5.75 Å². The molecule has 4 nitrogen and oxygen atoms in total. The number of nitrogen functional groups attached to an aromatic ring is 1. The zero-order chi connectivity index (χ0) is 15.2. The Morgan fingerprint density at radius 2 is 2.00 bits per heavy atom. The molecule has 3 N–H and O–H groups in total. The number of carbonyl (C=O) groups excluding carboxylic acids is 1. The van der Waals surface area contributed by atoms with Gasteiger partial charge in [0, 0.05) is 10.7 Å². The van der Waals surface area contributed by atoms with Crippen LogP contribution in [0, 0.1) is 0 Å². The van der Waals surface area contributed by atoms with Gasteiger partial charge in [-0.2, -0.15) is 0 Å². The van der Waals surface area contributed by atoms with Crippen LogP contribution in [0.15, 0.2) is 48.5 Å². The number of hydrogen-bond donors (Lipinski definition) is 2. The fourth-order valence-corrected chi connectivity index (χ4v) is 2.05. The average molecular weight is 305 g/mol. The van der Waals surface area contributed by atoms with Gasteiger partial charge < -0.3 is 15.8 Å². The highest BCUT2D eigenvalue weighted by atomic mass is 35.5. The summed E-state index contributed by atoms with van der Waals surface area (Å²) in [4.78, 5) is 11.9. The summed E-state index contributed by atoms with van der Waals surface area (Å²) in [5.41, 5.74) is 7.18. The topological polar surface area (TPSA) is 64.3 Å². The number of benzene rings is 2. The van der Waals surface area contributed by atoms with Gasteiger partial charge >= 0.3 is 0 Å². The van der Waals surface area contributed by atoms with Crippen LogP contribution >= 0.6 is 11.6 Å². The Morgan fingerprint density at radius 3 is 2.67 bits per heavy atom. The van der Waals surface area contributed by atoms with Crippen molar-refractivity contribution in [1.29, 1.82) is 0 Å². The van der Waals surface area contributed by atoms with Crippen molar-refractivity contribution in [2.24, 2.45) is 0 Å². The second kappa shape index (κ2) is 6.99. The number of carbonyl (C=O) groups is 1. The van der Waals surface area contributed by atoms with Gasteiger partial charge in [-0.15, -0.1) is 0 Å². The second-order valence-electron chi connectivity index (χ2n) is 4.70. The van der Waals surface area contributed by atoms with Gasteiger partial charge in [0.1, 0.15) is 5.75 Å². The zero-order valence-electron chi connectivity index (χ0n) is 11.7. The highest BCUT2D eigenvalue weighted by Crippen LogP contribution is 2.17. The first-order valence-electron chi connectivity index (χ1n) is 6.58. The van der Waals surface area contributed by atoms with Crippen LogP contribution in [0.2, 0.25) is 5.02 Å². The minimum atomic E-state index is -0.195. The van der Waals surface area contributed by atoms with E-state index in [9.17, 15) is 4.79 Å². The number of halogens is 1. The van der Waals surface area contributed by atoms with Crippen molar-refractivity contribution in [2.75, 3.05) is 12.3 Å². The normalized spacial score (nSPS) is 11.7. The first-order valence-corrected chi connectivity index (χ1v) is 6.95. The number of anilines is 1. The molecule has 1 amide bonds. The molecular formula is C16H17ClN2O2. The van der Waals surface area contributed by atoms with Crippen LogP contribution in [0.1, 0.15) is 18.5 Å². The Labute approximate surface area is 128 Å². The number of ether oxygens (including phenoxy) is 1. The molecular weight excluding hydrogens is 288 g/mol. The second-order valence-corrected chi connectivity index (χ2v) is 5.14. The maximum absolute atomic E-state index is 11.9. The van der Waals surface area contributed by atoms with E-state index in [1.165, 1.54) is 0 Å². The fourth-order valence-electron chi connectivity index (χ4n) is 1.86. The third-order valence-corrected chi connectivity index (χ3v) is 3.21. The molecule has 1 atom stereocenters. The predicted molar refractivity (Wildman–Crippen MR) is 84.4 cm³/mol. The maximum atomic E-state index is 11.9. The molecule has 110 valence electrons. The number of hydrogen-bond acceptors (Lipinski definition) is 3. The molecule has 5 heteroatoms. The van der Waals surface area contributed by atoms with Crippen molar-refractivity contribution < 1.29 is 9.53 Å². The van der Waals surface area contributed by atoms with E-state index in [1.807, 2.05) is 25.1 Å². The molecule has 2 aromatic carbocycles. The predicted octanol–water partition coefficient (Wildman–Crippen LogP) is 3.18. The summed E-state index contributed by atoms with van der Waals surface area (Å²) >= 11 is 5.93. The minimum absolute atomic E-state index is 0.0468. The summed E-state index contributed by atoms with van der Waals surface area (Å²) in [7, 11) is 0. The summed E-state index contributed by atoms with van der Waals surface area (Å²) in [5, 5.41) is 3.50. The Kier molecular flexibility index (Phi) is 5.06. The molecule has 0 radical (unpaired) electrons. The van der Waals surface area contributed by atoms with Crippen molar-refractivity contribution >= 4 is 23.2 Å². The van der Waals surface area contributed by atoms with E-state index >= 15 is 0 Å². The molecule has 2 rings (SSSR count). The lowest BCUT2D eigenvalue weighted by Gasteiger charge is -2.15. The van der Waals surface area contributed by atoms with Crippen LogP contribution < -0.4 is 15.8 Å². The summed E-state index contributed by atoms with van der Waals surface area (Å²) in [6, 6.07) is 14.2. The van der Waals surface area contributed by atoms with E-state index in [4.69, 9.17) is 22.1 Å². The maximum Gasteiger partial charge on any atom is 0.258 e. The Hall–Kier alpha value is -2.20. The summed E-state index contributed by atoms with van der Waals surface area (Å²) in [6.45, 7) is 1.85. The standard InChI is InChI=1S/C16H17ClN2O2/c1-11(12-3-2-4-13(17)9-12)19-16(20)10-21-15-7-5-14(18)6-8-15/h2-9,11H,10,18H2,1H3,(H,19,20). The van der Waals surface area contributed by atoms with Gasteiger partial charge in [0.2, 0.25) is 0 Å². The summed E-state index contributed by atoms with van der Waals surface area (Å²) in [6.07, 6.45) is 0. The largest absolute Gasteiger partial charge is 0.484 e. The van der Waals surface area contributed by atoms with Crippen molar-refractivity contribution in [3.63, 3.8) is 0 Å². The van der Waals surface area contributed by atoms with E-state index in [2.05, 4.69) is 5.32 Å². The van der Waals surface area contributed by atoms with E-state index in [0.29, 0.717) is 16.5 Å². The van der Waals surface area contributed by atoms with E-state index in [-0.39, 0.29) is 18.6 Å². The van der Waals surface area contributed by atoms with Gasteiger partial charge in [-0.3, -0.25) is 4.79 Å². The van der Waals surface area contributed by atoms with Crippen molar-refractivity contribution in [3.05, 3.63) is 59.1 Å². The van der Waals surface area contributed by atoms with Gasteiger partial charge in [-0.1, -0.05) is 23.7 Å². The Morgan fingerprint density at radius 1 is 1.29 bits per heavy atom. The molecule has 0 fully saturated rings. The fraction of sp³-hybridized carbons (Fsp3) is 0.188. The van der Waals surface area contributed by atoms with E-state index < -0.39 is 0 Å². The van der Waals surface area contributed by atoms with Crippen molar-refractivity contribution in [2.45, 2.75) is 13.0 Å². The van der Waals surface area contributed by atoms with Gasteiger partial charge in [0.05, 0.1) is 6.04 Å². The van der Waals surface area contributed by atoms with Crippen molar-refractivity contribution in [1.82, 2.24) is 5.32 Å². The van der Waals surface area contributed by atoms with Crippen LogP contribution in [-0.2, 0) is 4.79 Å². The molecule has 0 spiro atoms. The van der Waals surface area contributed by atoms with Crippen LogP contribution in [0.4, 0.5) is 5.69 Å². The van der Waals surface area contributed by atoms with Gasteiger partial charge in [-0.05, 0) is 48.9 Å². The van der Waals surface area contributed by atoms with Gasteiger partial charge in [0.15, 0.2) is 6.61 Å². The molecule has 0 aliphatic rings. The summed E-state index contributed by atoms with van der Waals surface area (Å²) < 4.78 is 5.39. The highest BCUT2D eigenvalue weighted by Gasteiger charge is 2.10. The summed E-state index contributed by atoms with van der Waals surface area (Å²) in [5.74, 6) is 0.411. The first-order chi connectivity index (χ1) is 10.0. The lowest BCUT2D eigenvalue weighted by atomic mass is 10.1. The molecule has 0 saturated carbocycles. The number of nitrogens with two attached hydrogens (primary N) is 1. The minimum Gasteiger partial charge on any atom is -0.484 e. The molecule has 21 heavy (non-hydrogen) atoms. The third-order valence-electron chi connectivity index (χ3n) is 2.98. The monoisotopic (exact) mass is 304 g/mol. The van der Waals surface area contributed by atoms with E-state index in [1.54, 1.807) is 30.3 Å². The zero-order valence-corrected chi connectivity index (χ0v) is 12.4. The molecule has 0 aliphatic heterocycles. The molecule has 2 aromatic rings. The van der Waals surface area contributed by atoms with Crippen LogP contribution in [0.5, 0.6) is 5.75 Å². The lowest BCUT2D eigenvalue weighted by Crippen LogP contribution is -2.31. The van der Waals surface area contributed by atoms with Gasteiger partial charge in [-0.25, -0.2) is 0 Å². The third kappa shape index (κ3) is 4.68. The molecule has 0 aromatic heterocycles. The molecule has 0 heterocycles. The lowest BCUT2D eigenvalue weighted by molar-refractivity contribution is -0.123. The Bertz CT molecular complexity index is 614. The van der Waals surface area contributed by atoms with Gasteiger partial charge in [0.25, 0.3) is 5.91 Å². The van der Waals surface area contributed by atoms with E-state index in [0.717, 1.165) is 5.56 Å². The quantitative estimate of drug-likeness (QED) is 0.834. The highest BCUT2D eigenvalue weighted by molar-refractivity contribution is 6.30. The average Bonchev–Trinajstić information content (AvgIpc) is 2.46. The first kappa shape index (κ1) is 15.2.